The van der Waals surface area contributed by atoms with Crippen LogP contribution in [0.25, 0.3) is 0 Å². The van der Waals surface area contributed by atoms with E-state index in [0.29, 0.717) is 18.2 Å². The Morgan fingerprint density at radius 2 is 2.00 bits per heavy atom. The van der Waals surface area contributed by atoms with Crippen LogP contribution < -0.4 is 0 Å². The molecule has 0 aromatic carbocycles. The van der Waals surface area contributed by atoms with Crippen LogP contribution in [-0.4, -0.2) is 21.3 Å². The Hall–Kier alpha value is -1.39. The maximum absolute atomic E-state index is 10.8. The van der Waals surface area contributed by atoms with Gasteiger partial charge in [-0.2, -0.15) is 0 Å². The molecule has 1 aliphatic rings. The van der Waals surface area contributed by atoms with E-state index >= 15 is 0 Å². The van der Waals surface area contributed by atoms with Gasteiger partial charge in [0.2, 0.25) is 11.8 Å². The van der Waals surface area contributed by atoms with Gasteiger partial charge in [0.25, 0.3) is 0 Å². The van der Waals surface area contributed by atoms with E-state index in [2.05, 4.69) is 17.1 Å². The van der Waals surface area contributed by atoms with Crippen molar-refractivity contribution in [2.24, 2.45) is 5.41 Å². The van der Waals surface area contributed by atoms with Gasteiger partial charge in [-0.3, -0.25) is 4.79 Å². The standard InChI is InChI=1S/C14H22N2O3/c1-13(2,9-11(17)18)8-10-15-16-12(19-10)14(3)6-4-5-7-14/h4-9H2,1-3H3,(H,17,18). The van der Waals surface area contributed by atoms with Gasteiger partial charge in [0, 0.05) is 11.8 Å². The van der Waals surface area contributed by atoms with E-state index in [4.69, 9.17) is 9.52 Å². The van der Waals surface area contributed by atoms with E-state index in [9.17, 15) is 4.79 Å². The molecule has 2 rings (SSSR count). The van der Waals surface area contributed by atoms with Crippen LogP contribution in [0.5, 0.6) is 0 Å². The van der Waals surface area contributed by atoms with Crippen LogP contribution in [0.3, 0.4) is 0 Å². The molecule has 5 heteroatoms. The monoisotopic (exact) mass is 266 g/mol. The summed E-state index contributed by atoms with van der Waals surface area (Å²) in [6.07, 6.45) is 5.20. The summed E-state index contributed by atoms with van der Waals surface area (Å²) in [4.78, 5) is 10.8. The van der Waals surface area contributed by atoms with Crippen molar-refractivity contribution in [1.29, 1.82) is 0 Å². The van der Waals surface area contributed by atoms with E-state index in [1.54, 1.807) is 0 Å². The van der Waals surface area contributed by atoms with E-state index < -0.39 is 5.97 Å². The summed E-state index contributed by atoms with van der Waals surface area (Å²) in [6.45, 7) is 5.98. The third-order valence-electron chi connectivity index (χ3n) is 3.95. The molecule has 0 saturated heterocycles. The van der Waals surface area contributed by atoms with Crippen molar-refractivity contribution in [1.82, 2.24) is 10.2 Å². The number of carboxylic acid groups (broad SMARTS) is 1. The minimum Gasteiger partial charge on any atom is -0.481 e. The Kier molecular flexibility index (Phi) is 3.65. The number of rotatable bonds is 5. The van der Waals surface area contributed by atoms with Crippen molar-refractivity contribution in [3.63, 3.8) is 0 Å². The van der Waals surface area contributed by atoms with Crippen molar-refractivity contribution in [2.45, 2.75) is 64.7 Å². The van der Waals surface area contributed by atoms with Crippen LogP contribution in [0.2, 0.25) is 0 Å². The fourth-order valence-corrected chi connectivity index (χ4v) is 2.82. The average molecular weight is 266 g/mol. The summed E-state index contributed by atoms with van der Waals surface area (Å²) in [5, 5.41) is 17.1. The van der Waals surface area contributed by atoms with Gasteiger partial charge in [0.1, 0.15) is 0 Å². The lowest BCUT2D eigenvalue weighted by atomic mass is 9.86. The van der Waals surface area contributed by atoms with Crippen molar-refractivity contribution in [2.75, 3.05) is 0 Å². The Labute approximate surface area is 113 Å². The third-order valence-corrected chi connectivity index (χ3v) is 3.95. The van der Waals surface area contributed by atoms with E-state index in [-0.39, 0.29) is 17.3 Å². The number of carbonyl (C=O) groups is 1. The summed E-state index contributed by atoms with van der Waals surface area (Å²) >= 11 is 0. The lowest BCUT2D eigenvalue weighted by molar-refractivity contribution is -0.139. The quantitative estimate of drug-likeness (QED) is 0.886. The fourth-order valence-electron chi connectivity index (χ4n) is 2.82. The van der Waals surface area contributed by atoms with Gasteiger partial charge in [0.05, 0.1) is 6.42 Å². The molecule has 1 N–H and O–H groups in total. The van der Waals surface area contributed by atoms with Crippen LogP contribution in [-0.2, 0) is 16.6 Å². The van der Waals surface area contributed by atoms with Gasteiger partial charge in [-0.25, -0.2) is 0 Å². The number of hydrogen-bond donors (Lipinski definition) is 1. The average Bonchev–Trinajstić information content (AvgIpc) is 2.85. The summed E-state index contributed by atoms with van der Waals surface area (Å²) in [6, 6.07) is 0. The molecule has 19 heavy (non-hydrogen) atoms. The van der Waals surface area contributed by atoms with Crippen LogP contribution in [0, 0.1) is 5.41 Å². The molecule has 106 valence electrons. The lowest BCUT2D eigenvalue weighted by Gasteiger charge is -2.20. The molecule has 0 radical (unpaired) electrons. The molecule has 0 aliphatic heterocycles. The maximum atomic E-state index is 10.8. The molecule has 0 bridgehead atoms. The summed E-state index contributed by atoms with van der Waals surface area (Å²) in [5.74, 6) is 0.466. The molecular weight excluding hydrogens is 244 g/mol. The van der Waals surface area contributed by atoms with Crippen molar-refractivity contribution in [3.05, 3.63) is 11.8 Å². The fraction of sp³-hybridized carbons (Fsp3) is 0.786. The van der Waals surface area contributed by atoms with Gasteiger partial charge in [0.15, 0.2) is 0 Å². The summed E-state index contributed by atoms with van der Waals surface area (Å²) < 4.78 is 5.77. The van der Waals surface area contributed by atoms with Crippen molar-refractivity contribution < 1.29 is 14.3 Å². The highest BCUT2D eigenvalue weighted by molar-refractivity contribution is 5.67. The first kappa shape index (κ1) is 14.0. The van der Waals surface area contributed by atoms with Crippen LogP contribution in [0.15, 0.2) is 4.42 Å². The van der Waals surface area contributed by atoms with Gasteiger partial charge in [-0.15, -0.1) is 10.2 Å². The Bertz CT molecular complexity index is 459. The molecule has 0 amide bonds. The van der Waals surface area contributed by atoms with Crippen molar-refractivity contribution in [3.8, 4) is 0 Å². The summed E-state index contributed by atoms with van der Waals surface area (Å²) in [7, 11) is 0. The van der Waals surface area contributed by atoms with Gasteiger partial charge >= 0.3 is 5.97 Å². The minimum atomic E-state index is -0.799. The minimum absolute atomic E-state index is 0.0161. The zero-order valence-electron chi connectivity index (χ0n) is 11.9. The number of aromatic nitrogens is 2. The number of aliphatic carboxylic acids is 1. The molecule has 0 atom stereocenters. The lowest BCUT2D eigenvalue weighted by Crippen LogP contribution is -2.20. The van der Waals surface area contributed by atoms with Crippen LogP contribution in [0.1, 0.15) is 64.7 Å². The van der Waals surface area contributed by atoms with Crippen LogP contribution in [0.4, 0.5) is 0 Å². The SMILES string of the molecule is CC(C)(CC(=O)O)Cc1nnc(C2(C)CCCC2)o1. The first-order valence-corrected chi connectivity index (χ1v) is 6.85. The Morgan fingerprint density at radius 1 is 1.37 bits per heavy atom. The Balaban J connectivity index is 2.07. The molecular formula is C14H22N2O3. The summed E-state index contributed by atoms with van der Waals surface area (Å²) in [5.41, 5.74) is -0.353. The van der Waals surface area contributed by atoms with E-state index in [0.717, 1.165) is 12.8 Å². The molecule has 1 aromatic rings. The number of carboxylic acids is 1. The van der Waals surface area contributed by atoms with E-state index in [1.165, 1.54) is 12.8 Å². The number of hydrogen-bond acceptors (Lipinski definition) is 4. The van der Waals surface area contributed by atoms with Gasteiger partial charge in [-0.1, -0.05) is 33.6 Å². The zero-order valence-corrected chi connectivity index (χ0v) is 11.9. The highest BCUT2D eigenvalue weighted by Crippen LogP contribution is 2.40. The predicted molar refractivity (Wildman–Crippen MR) is 69.9 cm³/mol. The molecule has 1 saturated carbocycles. The number of nitrogens with zero attached hydrogens (tertiary/aromatic N) is 2. The van der Waals surface area contributed by atoms with Crippen LogP contribution >= 0.6 is 0 Å². The first-order chi connectivity index (χ1) is 8.81. The predicted octanol–water partition coefficient (Wildman–Crippen LogP) is 2.94. The molecule has 5 nitrogen and oxygen atoms in total. The molecule has 1 aromatic heterocycles. The topological polar surface area (TPSA) is 76.2 Å². The maximum Gasteiger partial charge on any atom is 0.303 e. The molecule has 0 unspecified atom stereocenters. The van der Waals surface area contributed by atoms with Crippen molar-refractivity contribution >= 4 is 5.97 Å². The second-order valence-corrected chi connectivity index (χ2v) is 6.68. The molecule has 0 spiro atoms. The second-order valence-electron chi connectivity index (χ2n) is 6.68. The molecule has 1 heterocycles. The molecule has 1 aliphatic carbocycles. The first-order valence-electron chi connectivity index (χ1n) is 6.85. The largest absolute Gasteiger partial charge is 0.481 e. The molecule has 1 fully saturated rings. The van der Waals surface area contributed by atoms with E-state index in [1.807, 2.05) is 13.8 Å². The highest BCUT2D eigenvalue weighted by atomic mass is 16.4. The van der Waals surface area contributed by atoms with Gasteiger partial charge in [-0.05, 0) is 18.3 Å². The highest BCUT2D eigenvalue weighted by Gasteiger charge is 2.36. The zero-order chi connectivity index (χ0) is 14.1. The second kappa shape index (κ2) is 4.94. The third kappa shape index (κ3) is 3.33. The normalized spacial score (nSPS) is 18.7. The van der Waals surface area contributed by atoms with Gasteiger partial charge < -0.3 is 9.52 Å². The smallest absolute Gasteiger partial charge is 0.303 e. The Morgan fingerprint density at radius 3 is 2.58 bits per heavy atom.